The summed E-state index contributed by atoms with van der Waals surface area (Å²) < 4.78 is 4.75. The molecule has 1 unspecified atom stereocenters. The van der Waals surface area contributed by atoms with Crippen molar-refractivity contribution in [3.63, 3.8) is 0 Å². The highest BCUT2D eigenvalue weighted by atomic mass is 16.6. The second kappa shape index (κ2) is 4.35. The summed E-state index contributed by atoms with van der Waals surface area (Å²) in [6.45, 7) is 4.00. The predicted molar refractivity (Wildman–Crippen MR) is 35.6 cm³/mol. The van der Waals surface area contributed by atoms with Gasteiger partial charge in [-0.15, -0.1) is 0 Å². The Bertz CT molecular complexity index is 97.2. The molecule has 0 spiro atoms. The van der Waals surface area contributed by atoms with E-state index in [1.54, 1.807) is 6.92 Å². The van der Waals surface area contributed by atoms with Gasteiger partial charge in [0.2, 0.25) is 0 Å². The maximum Gasteiger partial charge on any atom is 0.175 e. The highest BCUT2D eigenvalue weighted by Crippen LogP contribution is 1.90. The van der Waals surface area contributed by atoms with Crippen LogP contribution in [0, 0.1) is 0 Å². The van der Waals surface area contributed by atoms with Gasteiger partial charge in [0.05, 0.1) is 0 Å². The first-order chi connectivity index (χ1) is 4.16. The van der Waals surface area contributed by atoms with Crippen LogP contribution >= 0.6 is 0 Å². The van der Waals surface area contributed by atoms with Crippen LogP contribution in [0.4, 0.5) is 0 Å². The minimum absolute atomic E-state index is 0.491. The molecule has 0 saturated heterocycles. The summed E-state index contributed by atoms with van der Waals surface area (Å²) in [5.41, 5.74) is 5.81. The van der Waals surface area contributed by atoms with Crippen molar-refractivity contribution in [3.8, 4) is 0 Å². The quantitative estimate of drug-likeness (QED) is 0.538. The van der Waals surface area contributed by atoms with E-state index in [1.165, 1.54) is 6.08 Å². The van der Waals surface area contributed by atoms with E-state index in [9.17, 15) is 0 Å². The summed E-state index contributed by atoms with van der Waals surface area (Å²) in [7, 11) is 0. The van der Waals surface area contributed by atoms with Crippen molar-refractivity contribution in [1.29, 1.82) is 0 Å². The molecule has 54 valence electrons. The molecule has 0 aliphatic carbocycles. The Labute approximate surface area is 55.1 Å². The van der Waals surface area contributed by atoms with Gasteiger partial charge >= 0.3 is 0 Å². The molecule has 0 radical (unpaired) electrons. The van der Waals surface area contributed by atoms with Gasteiger partial charge < -0.3 is 15.6 Å². The van der Waals surface area contributed by atoms with Crippen molar-refractivity contribution in [2.75, 3.05) is 6.61 Å². The van der Waals surface area contributed by atoms with Crippen LogP contribution in [0.2, 0.25) is 0 Å². The summed E-state index contributed by atoms with van der Waals surface area (Å²) in [5.74, 6) is 0. The fourth-order valence-electron chi connectivity index (χ4n) is 0.444. The molecule has 0 aromatic heterocycles. The second-order valence-electron chi connectivity index (χ2n) is 1.76. The fraction of sp³-hybridized carbons (Fsp3) is 0.667. The van der Waals surface area contributed by atoms with Crippen molar-refractivity contribution < 1.29 is 9.84 Å². The van der Waals surface area contributed by atoms with Crippen molar-refractivity contribution >= 4 is 0 Å². The Balaban J connectivity index is 3.49. The van der Waals surface area contributed by atoms with Gasteiger partial charge in [-0.3, -0.25) is 0 Å². The average Bonchev–Trinajstić information content (AvgIpc) is 1.63. The fourth-order valence-corrected chi connectivity index (χ4v) is 0.444. The topological polar surface area (TPSA) is 55.5 Å². The second-order valence-corrected chi connectivity index (χ2v) is 1.76. The molecule has 0 aromatic carbocycles. The largest absolute Gasteiger partial charge is 0.402 e. The van der Waals surface area contributed by atoms with Gasteiger partial charge in [-0.2, -0.15) is 0 Å². The lowest BCUT2D eigenvalue weighted by Crippen LogP contribution is -2.10. The first-order valence-electron chi connectivity index (χ1n) is 2.90. The zero-order chi connectivity index (χ0) is 7.28. The standard InChI is InChI=1S/C6H13NO2/c1-3-9-6(8)4-5(2)7/h4,6,8H,3,7H2,1-2H3/b5-4+. The Hall–Kier alpha value is -0.540. The van der Waals surface area contributed by atoms with Crippen LogP contribution in [0.15, 0.2) is 11.8 Å². The molecule has 0 bridgehead atoms. The molecule has 0 saturated carbocycles. The third kappa shape index (κ3) is 5.33. The summed E-state index contributed by atoms with van der Waals surface area (Å²) >= 11 is 0. The van der Waals surface area contributed by atoms with E-state index in [0.29, 0.717) is 12.3 Å². The zero-order valence-corrected chi connectivity index (χ0v) is 5.79. The molecule has 3 N–H and O–H groups in total. The maximum atomic E-state index is 8.84. The smallest absolute Gasteiger partial charge is 0.175 e. The van der Waals surface area contributed by atoms with Gasteiger partial charge in [0.1, 0.15) is 0 Å². The molecule has 9 heavy (non-hydrogen) atoms. The van der Waals surface area contributed by atoms with Gasteiger partial charge in [-0.25, -0.2) is 0 Å². The highest BCUT2D eigenvalue weighted by Gasteiger charge is 1.94. The van der Waals surface area contributed by atoms with Crippen LogP contribution in [-0.2, 0) is 4.74 Å². The molecule has 3 nitrogen and oxygen atoms in total. The van der Waals surface area contributed by atoms with Crippen molar-refractivity contribution in [1.82, 2.24) is 0 Å². The van der Waals surface area contributed by atoms with Crippen LogP contribution in [0.3, 0.4) is 0 Å². The average molecular weight is 131 g/mol. The van der Waals surface area contributed by atoms with Crippen LogP contribution in [0.1, 0.15) is 13.8 Å². The molecular formula is C6H13NO2. The van der Waals surface area contributed by atoms with Crippen molar-refractivity contribution in [2.45, 2.75) is 20.1 Å². The molecule has 0 heterocycles. The van der Waals surface area contributed by atoms with E-state index in [0.717, 1.165) is 0 Å². The summed E-state index contributed by atoms with van der Waals surface area (Å²) in [6.07, 6.45) is 0.601. The van der Waals surface area contributed by atoms with E-state index >= 15 is 0 Å². The van der Waals surface area contributed by atoms with E-state index in [2.05, 4.69) is 0 Å². The van der Waals surface area contributed by atoms with Crippen LogP contribution in [0.5, 0.6) is 0 Å². The van der Waals surface area contributed by atoms with Gasteiger partial charge in [0.15, 0.2) is 6.29 Å². The van der Waals surface area contributed by atoms with Gasteiger partial charge in [0.25, 0.3) is 0 Å². The first-order valence-corrected chi connectivity index (χ1v) is 2.90. The molecule has 0 aliphatic rings. The molecular weight excluding hydrogens is 118 g/mol. The number of nitrogens with two attached hydrogens (primary N) is 1. The molecule has 0 fully saturated rings. The SMILES string of the molecule is CCOC(O)/C=C(\C)N. The number of allylic oxidation sites excluding steroid dienone is 1. The van der Waals surface area contributed by atoms with E-state index in [-0.39, 0.29) is 0 Å². The van der Waals surface area contributed by atoms with E-state index in [4.69, 9.17) is 15.6 Å². The minimum atomic E-state index is -0.847. The number of aliphatic hydroxyl groups excluding tert-OH is 1. The van der Waals surface area contributed by atoms with Crippen molar-refractivity contribution in [2.24, 2.45) is 5.73 Å². The molecule has 0 amide bonds. The maximum absolute atomic E-state index is 8.84. The van der Waals surface area contributed by atoms with Gasteiger partial charge in [0, 0.05) is 12.3 Å². The molecule has 1 atom stereocenters. The first kappa shape index (κ1) is 8.46. The van der Waals surface area contributed by atoms with Crippen LogP contribution in [-0.4, -0.2) is 18.0 Å². The lowest BCUT2D eigenvalue weighted by atomic mass is 10.4. The van der Waals surface area contributed by atoms with Gasteiger partial charge in [-0.1, -0.05) is 0 Å². The third-order valence-electron chi connectivity index (χ3n) is 0.743. The lowest BCUT2D eigenvalue weighted by molar-refractivity contribution is -0.0592. The molecule has 0 rings (SSSR count). The molecule has 0 aliphatic heterocycles. The Kier molecular flexibility index (Phi) is 4.09. The number of aliphatic hydroxyl groups is 1. The predicted octanol–water partition coefficient (Wildman–Crippen LogP) is 0.204. The summed E-state index contributed by atoms with van der Waals surface area (Å²) in [4.78, 5) is 0. The third-order valence-corrected chi connectivity index (χ3v) is 0.743. The summed E-state index contributed by atoms with van der Waals surface area (Å²) in [6, 6.07) is 0. The van der Waals surface area contributed by atoms with Crippen LogP contribution in [0.25, 0.3) is 0 Å². The number of hydrogen-bond acceptors (Lipinski definition) is 3. The normalized spacial score (nSPS) is 15.7. The zero-order valence-electron chi connectivity index (χ0n) is 5.79. The lowest BCUT2D eigenvalue weighted by Gasteiger charge is -2.04. The number of hydrogen-bond donors (Lipinski definition) is 2. The van der Waals surface area contributed by atoms with Gasteiger partial charge in [-0.05, 0) is 19.9 Å². The molecule has 0 aromatic rings. The van der Waals surface area contributed by atoms with E-state index in [1.807, 2.05) is 6.92 Å². The Morgan fingerprint density at radius 2 is 2.44 bits per heavy atom. The highest BCUT2D eigenvalue weighted by molar-refractivity contribution is 4.93. The van der Waals surface area contributed by atoms with E-state index < -0.39 is 6.29 Å². The Morgan fingerprint density at radius 3 is 2.78 bits per heavy atom. The molecule has 3 heteroatoms. The van der Waals surface area contributed by atoms with Crippen molar-refractivity contribution in [3.05, 3.63) is 11.8 Å². The number of rotatable bonds is 3. The monoisotopic (exact) mass is 131 g/mol. The Morgan fingerprint density at radius 1 is 1.89 bits per heavy atom. The number of ether oxygens (including phenoxy) is 1. The minimum Gasteiger partial charge on any atom is -0.402 e. The summed E-state index contributed by atoms with van der Waals surface area (Å²) in [5, 5.41) is 8.84. The van der Waals surface area contributed by atoms with Crippen LogP contribution < -0.4 is 5.73 Å².